The molecule has 0 aliphatic carbocycles. The van der Waals surface area contributed by atoms with Crippen molar-refractivity contribution in [3.63, 3.8) is 0 Å². The van der Waals surface area contributed by atoms with E-state index in [0.29, 0.717) is 22.6 Å². The second-order valence-electron chi connectivity index (χ2n) is 10.3. The van der Waals surface area contributed by atoms with Crippen molar-refractivity contribution in [3.8, 4) is 28.6 Å². The third-order valence-corrected chi connectivity index (χ3v) is 8.12. The van der Waals surface area contributed by atoms with E-state index in [1.165, 1.54) is 0 Å². The van der Waals surface area contributed by atoms with Crippen molar-refractivity contribution in [2.24, 2.45) is 0 Å². The summed E-state index contributed by atoms with van der Waals surface area (Å²) in [5.41, 5.74) is 2.99. The number of fused-ring (bicyclic) bond motifs is 2. The molecule has 0 spiro atoms. The molecule has 0 aromatic carbocycles. The fourth-order valence-corrected chi connectivity index (χ4v) is 6.10. The highest BCUT2D eigenvalue weighted by Crippen LogP contribution is 2.38. The fourth-order valence-electron chi connectivity index (χ4n) is 6.10. The molecule has 3 aliphatic heterocycles. The monoisotopic (exact) mass is 514 g/mol. The summed E-state index contributed by atoms with van der Waals surface area (Å²) in [6.45, 7) is 0.736. The molecule has 1 amide bonds. The lowest BCUT2D eigenvalue weighted by atomic mass is 9.96. The van der Waals surface area contributed by atoms with Gasteiger partial charge >= 0.3 is 6.09 Å². The van der Waals surface area contributed by atoms with Crippen molar-refractivity contribution >= 4 is 11.9 Å². The molecular weight excluding hydrogens is 484 g/mol. The Morgan fingerprint density at radius 1 is 1.11 bits per heavy atom. The van der Waals surface area contributed by atoms with Gasteiger partial charge in [0.2, 0.25) is 0 Å². The number of hydrogen-bond acceptors (Lipinski definition) is 8. The number of hydrogen-bond donors (Lipinski definition) is 1. The Bertz CT molecular complexity index is 1350. The molecule has 3 fully saturated rings. The fraction of sp³-hybridized carbons (Fsp3) is 0.481. The van der Waals surface area contributed by atoms with Crippen LogP contribution in [0, 0.1) is 11.3 Å². The highest BCUT2D eigenvalue weighted by Gasteiger charge is 2.44. The Labute approximate surface area is 220 Å². The number of anilines is 1. The standard InChI is InChI=1S/C27H30N8O3/c1-33(20-12-18-5-6-19(13-20)35(18)27(36)37)25-10-9-23(31-32-25)22-8-7-21(24(14-28)30-22)17-15-29-34(16-17)26-4-2-3-11-38-26/h7-10,15-16,18-20,26H,2-6,11-13H2,1H3,(H,36,37)/t18-,19+,20?,26?. The first-order chi connectivity index (χ1) is 18.5. The van der Waals surface area contributed by atoms with Crippen molar-refractivity contribution in [1.82, 2.24) is 29.9 Å². The van der Waals surface area contributed by atoms with Crippen LogP contribution in [0.2, 0.25) is 0 Å². The van der Waals surface area contributed by atoms with Crippen LogP contribution in [0.4, 0.5) is 10.6 Å². The molecule has 1 N–H and O–H groups in total. The van der Waals surface area contributed by atoms with Gasteiger partial charge < -0.3 is 19.6 Å². The van der Waals surface area contributed by atoms with Gasteiger partial charge in [0.25, 0.3) is 0 Å². The quantitative estimate of drug-likeness (QED) is 0.534. The van der Waals surface area contributed by atoms with Gasteiger partial charge in [-0.05, 0) is 69.2 Å². The maximum absolute atomic E-state index is 11.6. The number of carbonyl (C=O) groups is 1. The largest absolute Gasteiger partial charge is 0.465 e. The van der Waals surface area contributed by atoms with Gasteiger partial charge in [-0.25, -0.2) is 14.5 Å². The highest BCUT2D eigenvalue weighted by molar-refractivity contribution is 5.70. The average molecular weight is 515 g/mol. The van der Waals surface area contributed by atoms with Gasteiger partial charge in [-0.15, -0.1) is 10.2 Å². The van der Waals surface area contributed by atoms with Crippen LogP contribution in [0.15, 0.2) is 36.7 Å². The Balaban J connectivity index is 1.17. The molecule has 11 nitrogen and oxygen atoms in total. The van der Waals surface area contributed by atoms with Crippen LogP contribution in [-0.4, -0.2) is 72.8 Å². The van der Waals surface area contributed by atoms with E-state index < -0.39 is 6.09 Å². The van der Waals surface area contributed by atoms with E-state index in [0.717, 1.165) is 62.9 Å². The van der Waals surface area contributed by atoms with E-state index in [2.05, 4.69) is 31.2 Å². The van der Waals surface area contributed by atoms with E-state index in [-0.39, 0.29) is 24.4 Å². The lowest BCUT2D eigenvalue weighted by molar-refractivity contribution is -0.0394. The second kappa shape index (κ2) is 10.0. The maximum atomic E-state index is 11.6. The number of piperidine rings is 1. The zero-order valence-electron chi connectivity index (χ0n) is 21.3. The van der Waals surface area contributed by atoms with E-state index >= 15 is 0 Å². The minimum atomic E-state index is -0.815. The Morgan fingerprint density at radius 2 is 1.89 bits per heavy atom. The number of carboxylic acid groups (broad SMARTS) is 1. The molecule has 196 valence electrons. The number of aromatic nitrogens is 5. The molecule has 3 aromatic heterocycles. The Hall–Kier alpha value is -4.04. The summed E-state index contributed by atoms with van der Waals surface area (Å²) in [5, 5.41) is 32.7. The number of nitrogens with zero attached hydrogens (tertiary/aromatic N) is 8. The van der Waals surface area contributed by atoms with Gasteiger partial charge in [0.05, 0.1) is 11.9 Å². The molecule has 6 rings (SSSR count). The first-order valence-corrected chi connectivity index (χ1v) is 13.2. The van der Waals surface area contributed by atoms with Crippen molar-refractivity contribution in [2.75, 3.05) is 18.6 Å². The van der Waals surface area contributed by atoms with Gasteiger partial charge in [0.1, 0.15) is 23.7 Å². The molecule has 4 atom stereocenters. The van der Waals surface area contributed by atoms with E-state index in [9.17, 15) is 15.2 Å². The van der Waals surface area contributed by atoms with Crippen LogP contribution in [0.1, 0.15) is 56.9 Å². The topological polar surface area (TPSA) is 133 Å². The maximum Gasteiger partial charge on any atom is 0.407 e. The van der Waals surface area contributed by atoms with Gasteiger partial charge in [0, 0.05) is 49.1 Å². The normalized spacial score (nSPS) is 24.7. The van der Waals surface area contributed by atoms with Crippen LogP contribution >= 0.6 is 0 Å². The summed E-state index contributed by atoms with van der Waals surface area (Å²) >= 11 is 0. The minimum Gasteiger partial charge on any atom is -0.465 e. The molecule has 2 unspecified atom stereocenters. The predicted octanol–water partition coefficient (Wildman–Crippen LogP) is 4.08. The van der Waals surface area contributed by atoms with E-state index in [1.807, 2.05) is 42.2 Å². The molecule has 2 bridgehead atoms. The third-order valence-electron chi connectivity index (χ3n) is 8.12. The zero-order chi connectivity index (χ0) is 26.2. The number of pyridine rings is 1. The first-order valence-electron chi connectivity index (χ1n) is 13.2. The molecule has 38 heavy (non-hydrogen) atoms. The summed E-state index contributed by atoms with van der Waals surface area (Å²) in [4.78, 5) is 19.9. The molecule has 3 aromatic rings. The first kappa shape index (κ1) is 24.3. The third kappa shape index (κ3) is 4.45. The number of ether oxygens (including phenoxy) is 1. The van der Waals surface area contributed by atoms with Gasteiger partial charge in [0.15, 0.2) is 5.82 Å². The molecule has 0 radical (unpaired) electrons. The average Bonchev–Trinajstić information content (AvgIpc) is 3.55. The van der Waals surface area contributed by atoms with Gasteiger partial charge in [-0.2, -0.15) is 10.4 Å². The van der Waals surface area contributed by atoms with Crippen LogP contribution in [0.25, 0.3) is 22.5 Å². The summed E-state index contributed by atoms with van der Waals surface area (Å²) in [6.07, 6.45) is 9.30. The van der Waals surface area contributed by atoms with Crippen molar-refractivity contribution in [3.05, 3.63) is 42.4 Å². The van der Waals surface area contributed by atoms with Crippen molar-refractivity contribution in [1.29, 1.82) is 5.26 Å². The zero-order valence-corrected chi connectivity index (χ0v) is 21.3. The number of nitriles is 1. The van der Waals surface area contributed by atoms with Crippen molar-refractivity contribution in [2.45, 2.75) is 69.3 Å². The van der Waals surface area contributed by atoms with Crippen molar-refractivity contribution < 1.29 is 14.6 Å². The number of rotatable bonds is 5. The molecule has 0 saturated carbocycles. The van der Waals surface area contributed by atoms with E-state index in [4.69, 9.17) is 4.74 Å². The molecule has 3 aliphatic rings. The van der Waals surface area contributed by atoms with Crippen LogP contribution in [0.3, 0.4) is 0 Å². The molecule has 6 heterocycles. The van der Waals surface area contributed by atoms with Crippen LogP contribution < -0.4 is 4.90 Å². The SMILES string of the molecule is CN(c1ccc(-c2ccc(-c3cnn(C4CCCCO4)c3)c(C#N)n2)nn1)C1C[C@H]2CC[C@@H](C1)N2C(=O)O. The second-order valence-corrected chi connectivity index (χ2v) is 10.3. The van der Waals surface area contributed by atoms with Gasteiger partial charge in [-0.1, -0.05) is 0 Å². The molecular formula is C27H30N8O3. The lowest BCUT2D eigenvalue weighted by Gasteiger charge is -2.41. The minimum absolute atomic E-state index is 0.0675. The van der Waals surface area contributed by atoms with Crippen LogP contribution in [0.5, 0.6) is 0 Å². The summed E-state index contributed by atoms with van der Waals surface area (Å²) in [6, 6.07) is 10.0. The van der Waals surface area contributed by atoms with E-state index in [1.54, 1.807) is 11.1 Å². The molecule has 3 saturated heterocycles. The molecule has 11 heteroatoms. The van der Waals surface area contributed by atoms with Crippen LogP contribution in [-0.2, 0) is 4.74 Å². The smallest absolute Gasteiger partial charge is 0.407 e. The summed E-state index contributed by atoms with van der Waals surface area (Å²) in [7, 11) is 1.99. The summed E-state index contributed by atoms with van der Waals surface area (Å²) < 4.78 is 7.64. The number of amides is 1. The van der Waals surface area contributed by atoms with Gasteiger partial charge in [-0.3, -0.25) is 0 Å². The Morgan fingerprint density at radius 3 is 2.55 bits per heavy atom. The predicted molar refractivity (Wildman–Crippen MR) is 138 cm³/mol. The highest BCUT2D eigenvalue weighted by atomic mass is 16.5. The summed E-state index contributed by atoms with van der Waals surface area (Å²) in [5.74, 6) is 0.733. The lowest BCUT2D eigenvalue weighted by Crippen LogP contribution is -2.51. The Kier molecular flexibility index (Phi) is 6.41.